The van der Waals surface area contributed by atoms with Crippen LogP contribution in [-0.2, 0) is 11.2 Å². The average Bonchev–Trinajstić information content (AvgIpc) is 2.45. The van der Waals surface area contributed by atoms with Gasteiger partial charge in [0.2, 0.25) is 0 Å². The van der Waals surface area contributed by atoms with Gasteiger partial charge in [-0.25, -0.2) is 8.78 Å². The van der Waals surface area contributed by atoms with Crippen LogP contribution in [0.1, 0.15) is 12.0 Å². The van der Waals surface area contributed by atoms with Gasteiger partial charge in [-0.3, -0.25) is 4.90 Å². The molecular formula is C14H19F2NO2. The van der Waals surface area contributed by atoms with Gasteiger partial charge in [-0.05, 0) is 31.5 Å². The molecule has 1 aromatic carbocycles. The van der Waals surface area contributed by atoms with E-state index < -0.39 is 11.6 Å². The fraction of sp³-hybridized carbons (Fsp3) is 0.571. The molecule has 0 N–H and O–H groups in total. The van der Waals surface area contributed by atoms with Crippen LogP contribution in [0.3, 0.4) is 0 Å². The predicted octanol–water partition coefficient (Wildman–Crippen LogP) is 2.24. The Labute approximate surface area is 112 Å². The van der Waals surface area contributed by atoms with Crippen LogP contribution in [0.5, 0.6) is 5.75 Å². The third-order valence-corrected chi connectivity index (χ3v) is 3.38. The van der Waals surface area contributed by atoms with Gasteiger partial charge in [0.15, 0.2) is 11.6 Å². The lowest BCUT2D eigenvalue weighted by molar-refractivity contribution is 0.0374. The SMILES string of the molecule is COc1ccc(F)c(F)c1CCCN1CCOCC1. The number of morpholine rings is 1. The molecule has 1 heterocycles. The lowest BCUT2D eigenvalue weighted by atomic mass is 10.1. The van der Waals surface area contributed by atoms with Gasteiger partial charge in [-0.2, -0.15) is 0 Å². The Morgan fingerprint density at radius 2 is 2.00 bits per heavy atom. The summed E-state index contributed by atoms with van der Waals surface area (Å²) in [5, 5.41) is 0. The summed E-state index contributed by atoms with van der Waals surface area (Å²) in [5.41, 5.74) is 0.329. The highest BCUT2D eigenvalue weighted by Crippen LogP contribution is 2.25. The summed E-state index contributed by atoms with van der Waals surface area (Å²) in [7, 11) is 1.47. The Morgan fingerprint density at radius 1 is 1.26 bits per heavy atom. The standard InChI is InChI=1S/C14H19F2NO2/c1-18-13-5-4-12(15)14(16)11(13)3-2-6-17-7-9-19-10-8-17/h4-5H,2-3,6-10H2,1H3. The fourth-order valence-corrected chi connectivity index (χ4v) is 2.30. The molecule has 5 heteroatoms. The van der Waals surface area contributed by atoms with Crippen molar-refractivity contribution in [2.75, 3.05) is 40.0 Å². The molecule has 3 nitrogen and oxygen atoms in total. The van der Waals surface area contributed by atoms with Gasteiger partial charge < -0.3 is 9.47 Å². The Bertz CT molecular complexity index is 420. The van der Waals surface area contributed by atoms with E-state index in [1.165, 1.54) is 13.2 Å². The number of ether oxygens (including phenoxy) is 2. The van der Waals surface area contributed by atoms with Gasteiger partial charge >= 0.3 is 0 Å². The maximum Gasteiger partial charge on any atom is 0.165 e. The molecule has 1 aliphatic rings. The highest BCUT2D eigenvalue weighted by atomic mass is 19.2. The van der Waals surface area contributed by atoms with Crippen molar-refractivity contribution < 1.29 is 18.3 Å². The Kier molecular flexibility index (Phi) is 5.10. The molecular weight excluding hydrogens is 252 g/mol. The number of halogens is 2. The molecule has 0 atom stereocenters. The second-order valence-corrected chi connectivity index (χ2v) is 4.60. The molecule has 1 saturated heterocycles. The third kappa shape index (κ3) is 3.64. The van der Waals surface area contributed by atoms with E-state index in [1.807, 2.05) is 0 Å². The zero-order chi connectivity index (χ0) is 13.7. The lowest BCUT2D eigenvalue weighted by Crippen LogP contribution is -2.37. The van der Waals surface area contributed by atoms with E-state index in [9.17, 15) is 8.78 Å². The minimum atomic E-state index is -0.817. The molecule has 0 saturated carbocycles. The molecule has 0 amide bonds. The van der Waals surface area contributed by atoms with Crippen LogP contribution in [0, 0.1) is 11.6 Å². The summed E-state index contributed by atoms with van der Waals surface area (Å²) in [4.78, 5) is 2.27. The van der Waals surface area contributed by atoms with Crippen LogP contribution in [0.25, 0.3) is 0 Å². The van der Waals surface area contributed by atoms with Crippen molar-refractivity contribution in [2.24, 2.45) is 0 Å². The first-order chi connectivity index (χ1) is 9.22. The van der Waals surface area contributed by atoms with Crippen molar-refractivity contribution in [1.82, 2.24) is 4.90 Å². The summed E-state index contributed by atoms with van der Waals surface area (Å²) < 4.78 is 37.3. The average molecular weight is 271 g/mol. The molecule has 1 fully saturated rings. The number of benzene rings is 1. The molecule has 2 rings (SSSR count). The summed E-state index contributed by atoms with van der Waals surface area (Å²) in [5.74, 6) is -1.19. The number of nitrogens with zero attached hydrogens (tertiary/aromatic N) is 1. The minimum absolute atomic E-state index is 0.329. The summed E-state index contributed by atoms with van der Waals surface area (Å²) >= 11 is 0. The maximum absolute atomic E-state index is 13.7. The molecule has 106 valence electrons. The highest BCUT2D eigenvalue weighted by molar-refractivity contribution is 5.35. The molecule has 0 radical (unpaired) electrons. The minimum Gasteiger partial charge on any atom is -0.496 e. The smallest absolute Gasteiger partial charge is 0.165 e. The molecule has 0 bridgehead atoms. The van der Waals surface area contributed by atoms with Crippen LogP contribution in [0.2, 0.25) is 0 Å². The summed E-state index contributed by atoms with van der Waals surface area (Å²) in [6, 6.07) is 2.57. The summed E-state index contributed by atoms with van der Waals surface area (Å²) in [6.07, 6.45) is 1.25. The van der Waals surface area contributed by atoms with E-state index in [0.29, 0.717) is 17.7 Å². The molecule has 19 heavy (non-hydrogen) atoms. The van der Waals surface area contributed by atoms with E-state index in [1.54, 1.807) is 0 Å². The normalized spacial score (nSPS) is 16.6. The van der Waals surface area contributed by atoms with E-state index in [0.717, 1.165) is 45.3 Å². The Hall–Kier alpha value is -1.20. The molecule has 0 aliphatic carbocycles. The second kappa shape index (κ2) is 6.82. The second-order valence-electron chi connectivity index (χ2n) is 4.60. The van der Waals surface area contributed by atoms with Gasteiger partial charge in [0.1, 0.15) is 5.75 Å². The van der Waals surface area contributed by atoms with Crippen LogP contribution in [0.15, 0.2) is 12.1 Å². The van der Waals surface area contributed by atoms with Crippen LogP contribution >= 0.6 is 0 Å². The van der Waals surface area contributed by atoms with Crippen molar-refractivity contribution >= 4 is 0 Å². The fourth-order valence-electron chi connectivity index (χ4n) is 2.30. The zero-order valence-corrected chi connectivity index (χ0v) is 11.1. The summed E-state index contributed by atoms with van der Waals surface area (Å²) in [6.45, 7) is 4.17. The monoisotopic (exact) mass is 271 g/mol. The van der Waals surface area contributed by atoms with Crippen molar-refractivity contribution in [2.45, 2.75) is 12.8 Å². The first-order valence-electron chi connectivity index (χ1n) is 6.53. The van der Waals surface area contributed by atoms with Crippen molar-refractivity contribution in [3.63, 3.8) is 0 Å². The van der Waals surface area contributed by atoms with E-state index in [4.69, 9.17) is 9.47 Å². The van der Waals surface area contributed by atoms with Crippen LogP contribution in [0.4, 0.5) is 8.78 Å². The number of hydrogen-bond acceptors (Lipinski definition) is 3. The van der Waals surface area contributed by atoms with Crippen molar-refractivity contribution in [3.8, 4) is 5.75 Å². The quantitative estimate of drug-likeness (QED) is 0.820. The van der Waals surface area contributed by atoms with Crippen molar-refractivity contribution in [1.29, 1.82) is 0 Å². The zero-order valence-electron chi connectivity index (χ0n) is 11.1. The van der Waals surface area contributed by atoms with Crippen molar-refractivity contribution in [3.05, 3.63) is 29.3 Å². The Balaban J connectivity index is 1.92. The molecule has 0 unspecified atom stereocenters. The number of rotatable bonds is 5. The van der Waals surface area contributed by atoms with Gasteiger partial charge in [0.25, 0.3) is 0 Å². The largest absolute Gasteiger partial charge is 0.496 e. The highest BCUT2D eigenvalue weighted by Gasteiger charge is 2.15. The third-order valence-electron chi connectivity index (χ3n) is 3.38. The van der Waals surface area contributed by atoms with Gasteiger partial charge in [-0.1, -0.05) is 0 Å². The first-order valence-corrected chi connectivity index (χ1v) is 6.53. The maximum atomic E-state index is 13.7. The molecule has 0 spiro atoms. The first kappa shape index (κ1) is 14.2. The topological polar surface area (TPSA) is 21.7 Å². The molecule has 0 aromatic heterocycles. The van der Waals surface area contributed by atoms with Crippen LogP contribution < -0.4 is 4.74 Å². The van der Waals surface area contributed by atoms with E-state index >= 15 is 0 Å². The van der Waals surface area contributed by atoms with E-state index in [-0.39, 0.29) is 0 Å². The van der Waals surface area contributed by atoms with Gasteiger partial charge in [0, 0.05) is 18.7 Å². The predicted molar refractivity (Wildman–Crippen MR) is 68.5 cm³/mol. The number of methoxy groups -OCH3 is 1. The number of hydrogen-bond donors (Lipinski definition) is 0. The molecule has 1 aliphatic heterocycles. The molecule has 1 aromatic rings. The lowest BCUT2D eigenvalue weighted by Gasteiger charge is -2.26. The van der Waals surface area contributed by atoms with Gasteiger partial charge in [-0.15, -0.1) is 0 Å². The van der Waals surface area contributed by atoms with Gasteiger partial charge in [0.05, 0.1) is 20.3 Å². The van der Waals surface area contributed by atoms with Crippen LogP contribution in [-0.4, -0.2) is 44.9 Å². The van der Waals surface area contributed by atoms with E-state index in [2.05, 4.69) is 4.90 Å². The Morgan fingerprint density at radius 3 is 2.68 bits per heavy atom.